The van der Waals surface area contributed by atoms with Crippen LogP contribution >= 0.6 is 0 Å². The van der Waals surface area contributed by atoms with Gasteiger partial charge in [0.2, 0.25) is 0 Å². The highest BCUT2D eigenvalue weighted by atomic mass is 14.3. The Morgan fingerprint density at radius 1 is 0.212 bits per heavy atom. The molecule has 0 spiro atoms. The van der Waals surface area contributed by atoms with Crippen molar-refractivity contribution in [2.75, 3.05) is 0 Å². The Balaban J connectivity index is 1.44. The van der Waals surface area contributed by atoms with Gasteiger partial charge in [-0.15, -0.1) is 0 Å². The summed E-state index contributed by atoms with van der Waals surface area (Å²) in [5.74, 6) is 0. The van der Waals surface area contributed by atoms with Crippen molar-refractivity contribution in [2.45, 2.75) is 0 Å². The third kappa shape index (κ3) is 3.61. The largest absolute Gasteiger partial charge is 0.0622 e. The minimum atomic E-state index is 1.24. The molecule has 0 nitrogen and oxygen atoms in total. The molecule has 238 valence electrons. The van der Waals surface area contributed by atoms with Crippen molar-refractivity contribution in [3.63, 3.8) is 0 Å². The molecule has 0 radical (unpaired) electrons. The Kier molecular flexibility index (Phi) is 5.59. The predicted molar refractivity (Wildman–Crippen MR) is 225 cm³/mol. The molecule has 0 amide bonds. The Morgan fingerprint density at radius 2 is 0.750 bits per heavy atom. The van der Waals surface area contributed by atoms with E-state index < -0.39 is 0 Å². The summed E-state index contributed by atoms with van der Waals surface area (Å²) in [6, 6.07) is 67.9. The van der Waals surface area contributed by atoms with Gasteiger partial charge in [-0.25, -0.2) is 0 Å². The van der Waals surface area contributed by atoms with E-state index in [1.807, 2.05) is 0 Å². The van der Waals surface area contributed by atoms with Crippen molar-refractivity contribution in [1.82, 2.24) is 0 Å². The first-order valence-corrected chi connectivity index (χ1v) is 18.2. The Hall–Kier alpha value is -6.76. The second kappa shape index (κ2) is 10.4. The molecule has 12 aromatic rings. The van der Waals surface area contributed by atoms with Crippen LogP contribution in [-0.2, 0) is 0 Å². The Bertz CT molecular complexity index is 3360. The molecular formula is C52H30. The van der Waals surface area contributed by atoms with Crippen LogP contribution in [0.25, 0.3) is 120 Å². The number of hydrogen-bond donors (Lipinski definition) is 0. The van der Waals surface area contributed by atoms with Gasteiger partial charge >= 0.3 is 0 Å². The normalized spacial score (nSPS) is 12.2. The van der Waals surface area contributed by atoms with Crippen LogP contribution in [0.2, 0.25) is 0 Å². The van der Waals surface area contributed by atoms with Gasteiger partial charge in [0.15, 0.2) is 0 Å². The third-order valence-corrected chi connectivity index (χ3v) is 11.7. The smallest absolute Gasteiger partial charge is 0.000697 e. The molecule has 0 N–H and O–H groups in total. The van der Waals surface area contributed by atoms with E-state index in [9.17, 15) is 0 Å². The molecule has 0 saturated heterocycles. The lowest BCUT2D eigenvalue weighted by atomic mass is 9.84. The van der Waals surface area contributed by atoms with Gasteiger partial charge in [0.25, 0.3) is 0 Å². The molecular weight excluding hydrogens is 625 g/mol. The number of benzene rings is 10. The quantitative estimate of drug-likeness (QED) is 0.166. The van der Waals surface area contributed by atoms with E-state index in [0.29, 0.717) is 0 Å². The molecule has 0 heteroatoms. The molecule has 12 aromatic carbocycles. The van der Waals surface area contributed by atoms with Gasteiger partial charge in [0.05, 0.1) is 0 Å². The topological polar surface area (TPSA) is 0 Å². The first kappa shape index (κ1) is 28.0. The summed E-state index contributed by atoms with van der Waals surface area (Å²) in [7, 11) is 0. The third-order valence-electron chi connectivity index (χ3n) is 11.7. The highest BCUT2D eigenvalue weighted by Crippen LogP contribution is 2.56. The maximum absolute atomic E-state index is 2.52. The number of hydrogen-bond acceptors (Lipinski definition) is 0. The number of fused-ring (bicyclic) bond motifs is 10. The summed E-state index contributed by atoms with van der Waals surface area (Å²) < 4.78 is 0. The summed E-state index contributed by atoms with van der Waals surface area (Å²) in [4.78, 5) is 0. The van der Waals surface area contributed by atoms with Gasteiger partial charge in [0.1, 0.15) is 0 Å². The number of rotatable bonds is 3. The molecule has 52 heavy (non-hydrogen) atoms. The zero-order valence-electron chi connectivity index (χ0n) is 28.3. The molecule has 0 aliphatic carbocycles. The highest BCUT2D eigenvalue weighted by molar-refractivity contribution is 6.46. The zero-order chi connectivity index (χ0) is 33.9. The molecule has 0 heterocycles. The molecule has 0 atom stereocenters. The molecule has 12 rings (SSSR count). The molecule has 0 aliphatic rings. The average Bonchev–Trinajstić information content (AvgIpc) is 3.72. The fourth-order valence-electron chi connectivity index (χ4n) is 9.69. The first-order valence-electron chi connectivity index (χ1n) is 18.2. The minimum absolute atomic E-state index is 1.24. The van der Waals surface area contributed by atoms with Gasteiger partial charge in [-0.1, -0.05) is 170 Å². The highest BCUT2D eigenvalue weighted by Gasteiger charge is 2.27. The van der Waals surface area contributed by atoms with Crippen LogP contribution in [-0.4, -0.2) is 0 Å². The van der Waals surface area contributed by atoms with Crippen molar-refractivity contribution in [3.8, 4) is 33.4 Å². The Labute approximate surface area is 300 Å². The fraction of sp³-hybridized carbons (Fsp3) is 0. The second-order valence-corrected chi connectivity index (χ2v) is 14.3. The summed E-state index contributed by atoms with van der Waals surface area (Å²) >= 11 is 0. The van der Waals surface area contributed by atoms with E-state index >= 15 is 0 Å². The van der Waals surface area contributed by atoms with Crippen molar-refractivity contribution in [1.29, 1.82) is 0 Å². The summed E-state index contributed by atoms with van der Waals surface area (Å²) in [5.41, 5.74) is 7.65. The van der Waals surface area contributed by atoms with Crippen LogP contribution in [0, 0.1) is 0 Å². The lowest BCUT2D eigenvalue weighted by Gasteiger charge is -2.19. The fourth-order valence-corrected chi connectivity index (χ4v) is 9.69. The minimum Gasteiger partial charge on any atom is -0.0622 e. The van der Waals surface area contributed by atoms with Crippen molar-refractivity contribution in [3.05, 3.63) is 182 Å². The van der Waals surface area contributed by atoms with E-state index in [4.69, 9.17) is 0 Å². The van der Waals surface area contributed by atoms with Gasteiger partial charge in [0, 0.05) is 0 Å². The van der Waals surface area contributed by atoms with Gasteiger partial charge in [-0.2, -0.15) is 0 Å². The van der Waals surface area contributed by atoms with E-state index in [2.05, 4.69) is 182 Å². The standard InChI is InChI=1S/C52H30/c1-4-15-31(16-5-1)36-27-28-41-50-43(29-34-21-10-11-22-35(34)48(36)50)52-46(33-19-8-3-9-20-33)49-40-26-14-25-39-37-23-12-13-24-38(37)42(47(39)40)30-44(49)45(51(41)52)32-17-6-2-7-18-32/h1-30H. The summed E-state index contributed by atoms with van der Waals surface area (Å²) in [5, 5.41) is 21.2. The van der Waals surface area contributed by atoms with Crippen LogP contribution in [0.3, 0.4) is 0 Å². The second-order valence-electron chi connectivity index (χ2n) is 14.3. The van der Waals surface area contributed by atoms with Gasteiger partial charge < -0.3 is 0 Å². The lowest BCUT2D eigenvalue weighted by Crippen LogP contribution is -1.91. The van der Waals surface area contributed by atoms with Crippen molar-refractivity contribution < 1.29 is 0 Å². The van der Waals surface area contributed by atoms with Gasteiger partial charge in [-0.3, -0.25) is 0 Å². The predicted octanol–water partition coefficient (Wildman–Crippen LogP) is 14.8. The first-order chi connectivity index (χ1) is 25.8. The maximum atomic E-state index is 2.52. The van der Waals surface area contributed by atoms with E-state index in [0.717, 1.165) is 0 Å². The lowest BCUT2D eigenvalue weighted by molar-refractivity contribution is 1.67. The van der Waals surface area contributed by atoms with Crippen molar-refractivity contribution in [2.24, 2.45) is 0 Å². The monoisotopic (exact) mass is 654 g/mol. The molecule has 0 aliphatic heterocycles. The molecule has 0 aromatic heterocycles. The average molecular weight is 655 g/mol. The molecule has 0 unspecified atom stereocenters. The molecule has 0 saturated carbocycles. The van der Waals surface area contributed by atoms with Crippen LogP contribution < -0.4 is 0 Å². The Morgan fingerprint density at radius 3 is 1.48 bits per heavy atom. The van der Waals surface area contributed by atoms with Gasteiger partial charge in [-0.05, 0) is 132 Å². The van der Waals surface area contributed by atoms with E-state index in [1.54, 1.807) is 0 Å². The van der Waals surface area contributed by atoms with Crippen molar-refractivity contribution >= 4 is 86.2 Å². The maximum Gasteiger partial charge on any atom is -0.000697 e. The SMILES string of the molecule is c1ccc(-c2c3cc4c5ccccc5c5cccc(c3c(-c3ccccc3)c3c6cc7ccccc7c7c(-c8ccccc8)ccc(c23)c67)c54)cc1. The molecule has 0 fully saturated rings. The van der Waals surface area contributed by atoms with Crippen LogP contribution in [0.4, 0.5) is 0 Å². The van der Waals surface area contributed by atoms with Crippen LogP contribution in [0.1, 0.15) is 0 Å². The summed E-state index contributed by atoms with van der Waals surface area (Å²) in [6.45, 7) is 0. The van der Waals surface area contributed by atoms with Crippen LogP contribution in [0.15, 0.2) is 182 Å². The molecule has 0 bridgehead atoms. The van der Waals surface area contributed by atoms with Crippen LogP contribution in [0.5, 0.6) is 0 Å². The zero-order valence-corrected chi connectivity index (χ0v) is 28.3. The summed E-state index contributed by atoms with van der Waals surface area (Å²) in [6.07, 6.45) is 0. The van der Waals surface area contributed by atoms with E-state index in [1.165, 1.54) is 120 Å². The van der Waals surface area contributed by atoms with E-state index in [-0.39, 0.29) is 0 Å².